The lowest BCUT2D eigenvalue weighted by molar-refractivity contribution is -0.0223. The average Bonchev–Trinajstić information content (AvgIpc) is 2.51. The van der Waals surface area contributed by atoms with Crippen molar-refractivity contribution in [2.45, 2.75) is 31.7 Å². The molecule has 2 aromatic rings. The van der Waals surface area contributed by atoms with Gasteiger partial charge in [0.15, 0.2) is 0 Å². The van der Waals surface area contributed by atoms with E-state index in [2.05, 4.69) is 4.98 Å². The Labute approximate surface area is 143 Å². The maximum Gasteiger partial charge on any atom is 0.262 e. The number of nitrogens with two attached hydrogens (primary N) is 1. The minimum atomic E-state index is -2.66. The van der Waals surface area contributed by atoms with E-state index in [0.29, 0.717) is 27.4 Å². The van der Waals surface area contributed by atoms with E-state index in [-0.39, 0.29) is 37.5 Å². The Balaban J connectivity index is 2.17. The molecular weight excluding hydrogens is 338 g/mol. The van der Waals surface area contributed by atoms with Crippen LogP contribution in [0.5, 0.6) is 0 Å². The van der Waals surface area contributed by atoms with Gasteiger partial charge in [-0.3, -0.25) is 9.36 Å². The molecule has 0 unspecified atom stereocenters. The van der Waals surface area contributed by atoms with Gasteiger partial charge < -0.3 is 10.6 Å². The first-order chi connectivity index (χ1) is 11.2. The Kier molecular flexibility index (Phi) is 4.25. The fourth-order valence-corrected chi connectivity index (χ4v) is 3.25. The number of alkyl halides is 2. The molecule has 2 heterocycles. The number of piperidine rings is 1. The summed E-state index contributed by atoms with van der Waals surface area (Å²) in [6, 6.07) is 2.89. The second-order valence-corrected chi connectivity index (χ2v) is 6.74. The minimum Gasteiger partial charge on any atom is -0.342 e. The second kappa shape index (κ2) is 5.97. The standard InChI is InChI=1S/C16H19ClF2N4O/c1-9(20)11-7-10(17)8-12-13(11)21-15(22(2)14(12)24)23-5-3-16(18,19)4-6-23/h7-9H,3-6,20H2,1-2H3/t9-/m1/s1. The quantitative estimate of drug-likeness (QED) is 0.898. The molecule has 1 aromatic heterocycles. The summed E-state index contributed by atoms with van der Waals surface area (Å²) in [7, 11) is 1.59. The van der Waals surface area contributed by atoms with Crippen molar-refractivity contribution in [1.82, 2.24) is 9.55 Å². The number of hydrogen-bond acceptors (Lipinski definition) is 4. The predicted octanol–water partition coefficient (Wildman–Crippen LogP) is 2.84. The number of aromatic nitrogens is 2. The van der Waals surface area contributed by atoms with Crippen LogP contribution >= 0.6 is 11.6 Å². The van der Waals surface area contributed by atoms with Crippen LogP contribution in [-0.2, 0) is 7.05 Å². The fraction of sp³-hybridized carbons (Fsp3) is 0.500. The second-order valence-electron chi connectivity index (χ2n) is 6.30. The SMILES string of the molecule is C[C@@H](N)c1cc(Cl)cc2c(=O)n(C)c(N3CCC(F)(F)CC3)nc12. The molecule has 5 nitrogen and oxygen atoms in total. The van der Waals surface area contributed by atoms with E-state index in [4.69, 9.17) is 17.3 Å². The summed E-state index contributed by atoms with van der Waals surface area (Å²) in [5, 5.41) is 0.794. The molecule has 1 aliphatic heterocycles. The molecule has 0 radical (unpaired) electrons. The van der Waals surface area contributed by atoms with Crippen LogP contribution < -0.4 is 16.2 Å². The molecule has 0 saturated carbocycles. The minimum absolute atomic E-state index is 0.153. The van der Waals surface area contributed by atoms with E-state index in [1.807, 2.05) is 0 Å². The molecule has 3 rings (SSSR count). The largest absolute Gasteiger partial charge is 0.342 e. The van der Waals surface area contributed by atoms with Crippen LogP contribution in [0, 0.1) is 0 Å². The number of anilines is 1. The summed E-state index contributed by atoms with van der Waals surface area (Å²) in [5.74, 6) is -2.27. The first-order valence-corrected chi connectivity index (χ1v) is 8.16. The molecule has 1 fully saturated rings. The van der Waals surface area contributed by atoms with Gasteiger partial charge in [-0.1, -0.05) is 11.6 Å². The van der Waals surface area contributed by atoms with E-state index in [1.165, 1.54) is 4.57 Å². The van der Waals surface area contributed by atoms with E-state index in [0.717, 1.165) is 0 Å². The Hall–Kier alpha value is -1.73. The van der Waals surface area contributed by atoms with Crippen LogP contribution in [0.4, 0.5) is 14.7 Å². The van der Waals surface area contributed by atoms with Crippen LogP contribution in [-0.4, -0.2) is 28.6 Å². The highest BCUT2D eigenvalue weighted by Crippen LogP contribution is 2.31. The van der Waals surface area contributed by atoms with Gasteiger partial charge in [-0.25, -0.2) is 13.8 Å². The molecular formula is C16H19ClF2N4O. The van der Waals surface area contributed by atoms with Crippen molar-refractivity contribution < 1.29 is 8.78 Å². The number of fused-ring (bicyclic) bond motifs is 1. The third kappa shape index (κ3) is 2.98. The average molecular weight is 357 g/mol. The molecule has 8 heteroatoms. The molecule has 2 N–H and O–H groups in total. The van der Waals surface area contributed by atoms with Gasteiger partial charge in [0.05, 0.1) is 10.9 Å². The lowest BCUT2D eigenvalue weighted by Crippen LogP contribution is -2.42. The summed E-state index contributed by atoms with van der Waals surface area (Å²) < 4.78 is 28.2. The molecule has 130 valence electrons. The number of halogens is 3. The van der Waals surface area contributed by atoms with Crippen molar-refractivity contribution in [3.8, 4) is 0 Å². The van der Waals surface area contributed by atoms with Crippen molar-refractivity contribution in [3.63, 3.8) is 0 Å². The molecule has 0 spiro atoms. The Morgan fingerprint density at radius 3 is 2.54 bits per heavy atom. The molecule has 0 amide bonds. The van der Waals surface area contributed by atoms with E-state index < -0.39 is 5.92 Å². The highest BCUT2D eigenvalue weighted by atomic mass is 35.5. The summed E-state index contributed by atoms with van der Waals surface area (Å²) in [4.78, 5) is 19.0. The van der Waals surface area contributed by atoms with Crippen LogP contribution in [0.3, 0.4) is 0 Å². The van der Waals surface area contributed by atoms with Gasteiger partial charge in [0, 0.05) is 44.0 Å². The van der Waals surface area contributed by atoms with Crippen molar-refractivity contribution >= 4 is 28.5 Å². The highest BCUT2D eigenvalue weighted by molar-refractivity contribution is 6.31. The van der Waals surface area contributed by atoms with Gasteiger partial charge >= 0.3 is 0 Å². The van der Waals surface area contributed by atoms with Gasteiger partial charge in [0.1, 0.15) is 0 Å². The number of rotatable bonds is 2. The third-order valence-corrected chi connectivity index (χ3v) is 4.64. The lowest BCUT2D eigenvalue weighted by atomic mass is 10.0. The van der Waals surface area contributed by atoms with E-state index >= 15 is 0 Å². The Morgan fingerprint density at radius 1 is 1.33 bits per heavy atom. The summed E-state index contributed by atoms with van der Waals surface area (Å²) in [6.07, 6.45) is -0.497. The number of benzene rings is 1. The van der Waals surface area contributed by atoms with Crippen molar-refractivity contribution in [2.75, 3.05) is 18.0 Å². The van der Waals surface area contributed by atoms with Crippen LogP contribution in [0.1, 0.15) is 31.4 Å². The molecule has 0 aliphatic carbocycles. The molecule has 0 bridgehead atoms. The lowest BCUT2D eigenvalue weighted by Gasteiger charge is -2.33. The smallest absolute Gasteiger partial charge is 0.262 e. The van der Waals surface area contributed by atoms with Gasteiger partial charge in [-0.15, -0.1) is 0 Å². The van der Waals surface area contributed by atoms with Crippen LogP contribution in [0.15, 0.2) is 16.9 Å². The Bertz CT molecular complexity index is 840. The normalized spacial score (nSPS) is 18.8. The highest BCUT2D eigenvalue weighted by Gasteiger charge is 2.35. The molecule has 1 atom stereocenters. The van der Waals surface area contributed by atoms with Crippen molar-refractivity contribution in [2.24, 2.45) is 12.8 Å². The van der Waals surface area contributed by atoms with E-state index in [1.54, 1.807) is 31.0 Å². The summed E-state index contributed by atoms with van der Waals surface area (Å²) in [6.45, 7) is 2.09. The van der Waals surface area contributed by atoms with Crippen LogP contribution in [0.25, 0.3) is 10.9 Å². The number of hydrogen-bond donors (Lipinski definition) is 1. The zero-order valence-electron chi connectivity index (χ0n) is 13.5. The van der Waals surface area contributed by atoms with Gasteiger partial charge in [-0.2, -0.15) is 0 Å². The first-order valence-electron chi connectivity index (χ1n) is 7.78. The summed E-state index contributed by atoms with van der Waals surface area (Å²) in [5.41, 5.74) is 6.86. The predicted molar refractivity (Wildman–Crippen MR) is 91.0 cm³/mol. The Morgan fingerprint density at radius 2 is 1.96 bits per heavy atom. The van der Waals surface area contributed by atoms with Gasteiger partial charge in [-0.05, 0) is 24.6 Å². The maximum atomic E-state index is 13.4. The maximum absolute atomic E-state index is 13.4. The molecule has 1 aliphatic rings. The fourth-order valence-electron chi connectivity index (χ4n) is 3.02. The molecule has 1 aromatic carbocycles. The van der Waals surface area contributed by atoms with Gasteiger partial charge in [0.2, 0.25) is 5.95 Å². The van der Waals surface area contributed by atoms with Crippen LogP contribution in [0.2, 0.25) is 5.02 Å². The number of nitrogens with zero attached hydrogens (tertiary/aromatic N) is 3. The first kappa shape index (κ1) is 17.1. The summed E-state index contributed by atoms with van der Waals surface area (Å²) >= 11 is 6.09. The van der Waals surface area contributed by atoms with Gasteiger partial charge in [0.25, 0.3) is 11.5 Å². The van der Waals surface area contributed by atoms with Crippen molar-refractivity contribution in [1.29, 1.82) is 0 Å². The third-order valence-electron chi connectivity index (χ3n) is 4.42. The topological polar surface area (TPSA) is 64.2 Å². The zero-order valence-corrected chi connectivity index (χ0v) is 14.3. The van der Waals surface area contributed by atoms with Crippen molar-refractivity contribution in [3.05, 3.63) is 33.1 Å². The monoisotopic (exact) mass is 356 g/mol. The molecule has 24 heavy (non-hydrogen) atoms. The molecule has 1 saturated heterocycles. The zero-order chi connectivity index (χ0) is 17.6. The van der Waals surface area contributed by atoms with E-state index in [9.17, 15) is 13.6 Å².